The molecule has 42 heavy (non-hydrogen) atoms. The Hall–Kier alpha value is -4.63. The van der Waals surface area contributed by atoms with E-state index in [0.29, 0.717) is 28.5 Å². The summed E-state index contributed by atoms with van der Waals surface area (Å²) >= 11 is 0. The van der Waals surface area contributed by atoms with Crippen molar-refractivity contribution in [2.45, 2.75) is 25.2 Å². The summed E-state index contributed by atoms with van der Waals surface area (Å²) in [6, 6.07) is 11.8. The van der Waals surface area contributed by atoms with E-state index < -0.39 is 29.9 Å². The number of benzene rings is 2. The molecule has 16 heteroatoms. The van der Waals surface area contributed by atoms with Crippen LogP contribution in [-0.2, 0) is 14.3 Å². The number of esters is 1. The van der Waals surface area contributed by atoms with Crippen molar-refractivity contribution in [2.75, 3.05) is 33.4 Å². The molecule has 0 atom stereocenters. The van der Waals surface area contributed by atoms with Gasteiger partial charge in [-0.25, -0.2) is 4.79 Å². The maximum Gasteiger partial charge on any atom is 0.458 e. The molecule has 0 aromatic heterocycles. The number of methoxy groups -OCH3 is 1. The van der Waals surface area contributed by atoms with Crippen LogP contribution in [0, 0.1) is 10.8 Å². The van der Waals surface area contributed by atoms with E-state index >= 15 is 0 Å². The van der Waals surface area contributed by atoms with Crippen LogP contribution in [0.3, 0.4) is 0 Å². The number of carbonyl (C=O) groups is 3. The predicted molar refractivity (Wildman–Crippen MR) is 136 cm³/mol. The van der Waals surface area contributed by atoms with Crippen LogP contribution < -0.4 is 15.2 Å². The second-order valence-electron chi connectivity index (χ2n) is 8.54. The lowest BCUT2D eigenvalue weighted by molar-refractivity contribution is -0.193. The lowest BCUT2D eigenvalue weighted by Gasteiger charge is -2.18. The second kappa shape index (κ2) is 14.3. The summed E-state index contributed by atoms with van der Waals surface area (Å²) in [6.45, 7) is 1.99. The van der Waals surface area contributed by atoms with Crippen LogP contribution in [0.2, 0.25) is 0 Å². The van der Waals surface area contributed by atoms with Crippen molar-refractivity contribution in [3.63, 3.8) is 0 Å². The number of likely N-dealkylation sites (tertiary alicyclic amines) is 1. The molecular formula is C26H26F6N4O6. The van der Waals surface area contributed by atoms with Crippen molar-refractivity contribution < 1.29 is 54.9 Å². The van der Waals surface area contributed by atoms with Crippen LogP contribution in [0.15, 0.2) is 42.5 Å². The van der Waals surface area contributed by atoms with Crippen LogP contribution in [0.4, 0.5) is 26.3 Å². The molecule has 228 valence electrons. The quantitative estimate of drug-likeness (QED) is 0.0973. The van der Waals surface area contributed by atoms with Gasteiger partial charge in [0, 0.05) is 24.2 Å². The fraction of sp³-hybridized carbons (Fsp3) is 0.346. The van der Waals surface area contributed by atoms with Crippen molar-refractivity contribution >= 4 is 29.2 Å². The van der Waals surface area contributed by atoms with Gasteiger partial charge in [-0.05, 0) is 43.2 Å². The number of halogens is 6. The minimum atomic E-state index is -5.77. The molecule has 0 spiro atoms. The van der Waals surface area contributed by atoms with Gasteiger partial charge >= 0.3 is 29.9 Å². The molecule has 1 heterocycles. The van der Waals surface area contributed by atoms with E-state index in [9.17, 15) is 40.7 Å². The van der Waals surface area contributed by atoms with Crippen molar-refractivity contribution in [3.05, 3.63) is 59.2 Å². The summed E-state index contributed by atoms with van der Waals surface area (Å²) in [5.74, 6) is -5.93. The number of nitrogen functional groups attached to an aromatic ring is 1. The average molecular weight is 605 g/mol. The first kappa shape index (κ1) is 33.6. The molecule has 2 aromatic carbocycles. The van der Waals surface area contributed by atoms with Gasteiger partial charge in [-0.15, -0.1) is 0 Å². The highest BCUT2D eigenvalue weighted by molar-refractivity contribution is 6.41. The number of alkyl halides is 6. The molecule has 1 saturated heterocycles. The topological polar surface area (TPSA) is 156 Å². The standard InChI is InChI=1S/C22H26N4O4.C4F6O2/c1-28-18-9-8-17(20(23)24)14-19(18)29-12-13-30-22(27)16-6-4-15(5-7-16)21(25)26-10-2-3-11-26;5-3(6,7)1(11)2(12)4(8,9)10/h4-9,14,25H,2-3,10-13H2,1H3,(H3,23,24);. The largest absolute Gasteiger partial charge is 0.493 e. The fourth-order valence-corrected chi connectivity index (χ4v) is 3.47. The van der Waals surface area contributed by atoms with Crippen LogP contribution in [0.5, 0.6) is 11.5 Å². The first-order chi connectivity index (χ1) is 19.6. The molecule has 1 fully saturated rings. The Morgan fingerprint density at radius 3 is 1.79 bits per heavy atom. The zero-order valence-corrected chi connectivity index (χ0v) is 22.0. The Morgan fingerprint density at radius 2 is 1.31 bits per heavy atom. The van der Waals surface area contributed by atoms with Crippen molar-refractivity contribution in [1.82, 2.24) is 4.90 Å². The highest BCUT2D eigenvalue weighted by atomic mass is 19.4. The summed E-state index contributed by atoms with van der Waals surface area (Å²) in [7, 11) is 1.52. The monoisotopic (exact) mass is 604 g/mol. The third-order valence-electron chi connectivity index (χ3n) is 5.59. The molecule has 0 unspecified atom stereocenters. The van der Waals surface area contributed by atoms with Gasteiger partial charge in [-0.1, -0.05) is 12.1 Å². The van der Waals surface area contributed by atoms with E-state index in [1.54, 1.807) is 42.5 Å². The summed E-state index contributed by atoms with van der Waals surface area (Å²) in [6.07, 6.45) is -9.32. The fourth-order valence-electron chi connectivity index (χ4n) is 3.47. The smallest absolute Gasteiger partial charge is 0.458 e. The van der Waals surface area contributed by atoms with E-state index in [1.165, 1.54) is 7.11 Å². The highest BCUT2D eigenvalue weighted by Gasteiger charge is 2.54. The van der Waals surface area contributed by atoms with Crippen LogP contribution >= 0.6 is 0 Å². The normalized spacial score (nSPS) is 13.0. The van der Waals surface area contributed by atoms with Gasteiger partial charge in [-0.2, -0.15) is 26.3 Å². The van der Waals surface area contributed by atoms with Gasteiger partial charge in [0.1, 0.15) is 24.9 Å². The number of nitrogens with two attached hydrogens (primary N) is 1. The Bertz CT molecular complexity index is 1280. The first-order valence-corrected chi connectivity index (χ1v) is 12.0. The summed E-state index contributed by atoms with van der Waals surface area (Å²) in [5.41, 5.74) is 7.22. The molecule has 0 radical (unpaired) electrons. The van der Waals surface area contributed by atoms with Crippen molar-refractivity contribution in [3.8, 4) is 11.5 Å². The van der Waals surface area contributed by atoms with Gasteiger partial charge in [0.15, 0.2) is 11.5 Å². The third kappa shape index (κ3) is 9.49. The van der Waals surface area contributed by atoms with E-state index in [-0.39, 0.29) is 19.0 Å². The van der Waals surface area contributed by atoms with Crippen molar-refractivity contribution in [1.29, 1.82) is 10.8 Å². The molecule has 2 aromatic rings. The Balaban J connectivity index is 0.000000435. The SMILES string of the molecule is COc1ccc(C(=N)N)cc1OCCOC(=O)c1ccc(C(=N)N2CCCC2)cc1.O=C(C(=O)C(F)(F)F)C(F)(F)F. The number of ketones is 2. The van der Waals surface area contributed by atoms with Crippen LogP contribution in [-0.4, -0.2) is 79.9 Å². The number of nitrogens with zero attached hydrogens (tertiary/aromatic N) is 1. The summed E-state index contributed by atoms with van der Waals surface area (Å²) in [5, 5.41) is 15.8. The Labute approximate surface area is 235 Å². The van der Waals surface area contributed by atoms with E-state index in [2.05, 4.69) is 0 Å². The number of hydrogen-bond donors (Lipinski definition) is 3. The lowest BCUT2D eigenvalue weighted by atomic mass is 10.1. The predicted octanol–water partition coefficient (Wildman–Crippen LogP) is 3.89. The molecule has 4 N–H and O–H groups in total. The van der Waals surface area contributed by atoms with Crippen LogP contribution in [0.25, 0.3) is 0 Å². The number of hydrogen-bond acceptors (Lipinski definition) is 8. The van der Waals surface area contributed by atoms with E-state index in [4.69, 9.17) is 30.8 Å². The summed E-state index contributed by atoms with van der Waals surface area (Å²) in [4.78, 5) is 33.5. The van der Waals surface area contributed by atoms with Gasteiger partial charge < -0.3 is 24.8 Å². The number of nitrogens with one attached hydrogen (secondary N) is 2. The minimum absolute atomic E-state index is 0.0532. The van der Waals surface area contributed by atoms with Crippen molar-refractivity contribution in [2.24, 2.45) is 5.73 Å². The average Bonchev–Trinajstić information content (AvgIpc) is 3.48. The Morgan fingerprint density at radius 1 is 0.810 bits per heavy atom. The number of amidine groups is 2. The van der Waals surface area contributed by atoms with Crippen LogP contribution in [0.1, 0.15) is 34.3 Å². The van der Waals surface area contributed by atoms with Gasteiger partial charge in [0.05, 0.1) is 12.7 Å². The maximum absolute atomic E-state index is 12.2. The second-order valence-corrected chi connectivity index (χ2v) is 8.54. The maximum atomic E-state index is 12.2. The summed E-state index contributed by atoms with van der Waals surface area (Å²) < 4.78 is 83.1. The zero-order valence-electron chi connectivity index (χ0n) is 22.0. The van der Waals surface area contributed by atoms with Gasteiger partial charge in [0.2, 0.25) is 0 Å². The Kier molecular flexibility index (Phi) is 11.4. The molecule has 0 saturated carbocycles. The number of ether oxygens (including phenoxy) is 3. The number of Topliss-reactive ketones (excluding diaryl/α,β-unsaturated/α-hetero) is 2. The lowest BCUT2D eigenvalue weighted by Crippen LogP contribution is -2.39. The molecule has 3 rings (SSSR count). The molecule has 0 aliphatic carbocycles. The molecule has 1 aliphatic heterocycles. The zero-order chi connectivity index (χ0) is 31.7. The highest BCUT2D eigenvalue weighted by Crippen LogP contribution is 2.28. The first-order valence-electron chi connectivity index (χ1n) is 12.0. The van der Waals surface area contributed by atoms with E-state index in [1.807, 2.05) is 4.90 Å². The third-order valence-corrected chi connectivity index (χ3v) is 5.59. The molecule has 0 bridgehead atoms. The molecule has 0 amide bonds. The minimum Gasteiger partial charge on any atom is -0.493 e. The van der Waals surface area contributed by atoms with Gasteiger partial charge in [-0.3, -0.25) is 20.4 Å². The molecule has 10 nitrogen and oxygen atoms in total. The molecular weight excluding hydrogens is 578 g/mol. The number of carbonyl (C=O) groups excluding carboxylic acids is 3. The number of rotatable bonds is 9. The van der Waals surface area contributed by atoms with E-state index in [0.717, 1.165) is 31.5 Å². The molecule has 1 aliphatic rings. The van der Waals surface area contributed by atoms with Gasteiger partial charge in [0.25, 0.3) is 0 Å².